The lowest BCUT2D eigenvalue weighted by Crippen LogP contribution is -2.28. The molecule has 2 N–H and O–H groups in total. The van der Waals surface area contributed by atoms with E-state index < -0.39 is 12.6 Å². The molecule has 0 aliphatic carbocycles. The van der Waals surface area contributed by atoms with Crippen molar-refractivity contribution in [3.8, 4) is 5.75 Å². The fourth-order valence-electron chi connectivity index (χ4n) is 1.59. The summed E-state index contributed by atoms with van der Waals surface area (Å²) in [6.07, 6.45) is 1.67. The van der Waals surface area contributed by atoms with Gasteiger partial charge >= 0.3 is 12.6 Å². The van der Waals surface area contributed by atoms with Crippen LogP contribution in [0.2, 0.25) is 0 Å². The van der Waals surface area contributed by atoms with Gasteiger partial charge in [0.25, 0.3) is 0 Å². The topological polar surface area (TPSA) is 63.2 Å². The Hall–Kier alpha value is -2.22. The SMILES string of the molecule is Cc1ncc(CNC(=O)Nc2ccccc2OC(F)F)s1. The van der Waals surface area contributed by atoms with E-state index in [1.807, 2.05) is 6.92 Å². The van der Waals surface area contributed by atoms with Crippen LogP contribution in [0.5, 0.6) is 5.75 Å². The molecule has 0 fully saturated rings. The first-order valence-electron chi connectivity index (χ1n) is 6.04. The van der Waals surface area contributed by atoms with Crippen LogP contribution in [0.1, 0.15) is 9.88 Å². The normalized spacial score (nSPS) is 10.5. The van der Waals surface area contributed by atoms with Gasteiger partial charge in [-0.2, -0.15) is 8.78 Å². The molecule has 0 aliphatic heterocycles. The summed E-state index contributed by atoms with van der Waals surface area (Å²) < 4.78 is 28.8. The van der Waals surface area contributed by atoms with Gasteiger partial charge in [0, 0.05) is 11.1 Å². The van der Waals surface area contributed by atoms with E-state index in [1.165, 1.54) is 23.5 Å². The highest BCUT2D eigenvalue weighted by Gasteiger charge is 2.11. The average molecular weight is 313 g/mol. The Morgan fingerprint density at radius 2 is 2.19 bits per heavy atom. The molecule has 0 saturated heterocycles. The number of ether oxygens (including phenoxy) is 1. The number of thiazole rings is 1. The standard InChI is InChI=1S/C13H13F2N3O2S/c1-8-16-6-9(21-8)7-17-13(19)18-10-4-2-3-5-11(10)20-12(14)15/h2-6,12H,7H2,1H3,(H2,17,18,19). The molecular formula is C13H13F2N3O2S. The molecule has 0 spiro atoms. The number of nitrogens with one attached hydrogen (secondary N) is 2. The number of alkyl halides is 2. The number of hydrogen-bond acceptors (Lipinski definition) is 4. The highest BCUT2D eigenvalue weighted by atomic mass is 32.1. The van der Waals surface area contributed by atoms with Gasteiger partial charge in [-0.1, -0.05) is 12.1 Å². The number of rotatable bonds is 5. The van der Waals surface area contributed by atoms with Gasteiger partial charge in [0.2, 0.25) is 0 Å². The van der Waals surface area contributed by atoms with Crippen molar-refractivity contribution in [3.63, 3.8) is 0 Å². The van der Waals surface area contributed by atoms with Crippen LogP contribution in [-0.4, -0.2) is 17.6 Å². The number of aromatic nitrogens is 1. The lowest BCUT2D eigenvalue weighted by Gasteiger charge is -2.12. The van der Waals surface area contributed by atoms with E-state index in [1.54, 1.807) is 18.3 Å². The third-order valence-electron chi connectivity index (χ3n) is 2.44. The number of hydrogen-bond donors (Lipinski definition) is 2. The molecule has 1 aromatic carbocycles. The fourth-order valence-corrected chi connectivity index (χ4v) is 2.32. The zero-order chi connectivity index (χ0) is 15.2. The molecule has 21 heavy (non-hydrogen) atoms. The quantitative estimate of drug-likeness (QED) is 0.889. The minimum atomic E-state index is -2.95. The van der Waals surface area contributed by atoms with Gasteiger partial charge in [0.1, 0.15) is 5.75 Å². The van der Waals surface area contributed by atoms with Crippen LogP contribution in [0.4, 0.5) is 19.3 Å². The zero-order valence-corrected chi connectivity index (χ0v) is 11.9. The number of para-hydroxylation sites is 2. The highest BCUT2D eigenvalue weighted by molar-refractivity contribution is 7.11. The van der Waals surface area contributed by atoms with Gasteiger partial charge in [-0.05, 0) is 19.1 Å². The number of urea groups is 1. The van der Waals surface area contributed by atoms with Gasteiger partial charge in [0.05, 0.1) is 17.2 Å². The van der Waals surface area contributed by atoms with Gasteiger partial charge in [-0.15, -0.1) is 11.3 Å². The number of anilines is 1. The second-order valence-corrected chi connectivity index (χ2v) is 5.35. The van der Waals surface area contributed by atoms with Crippen LogP contribution in [0.3, 0.4) is 0 Å². The lowest BCUT2D eigenvalue weighted by molar-refractivity contribution is -0.0493. The second kappa shape index (κ2) is 6.98. The number of amides is 2. The Labute approximate surface area is 124 Å². The molecule has 2 rings (SSSR count). The summed E-state index contributed by atoms with van der Waals surface area (Å²) in [4.78, 5) is 16.7. The van der Waals surface area contributed by atoms with Crippen molar-refractivity contribution < 1.29 is 18.3 Å². The van der Waals surface area contributed by atoms with Gasteiger partial charge in [-0.3, -0.25) is 0 Å². The van der Waals surface area contributed by atoms with Crippen molar-refractivity contribution in [1.82, 2.24) is 10.3 Å². The molecule has 5 nitrogen and oxygen atoms in total. The van der Waals surface area contributed by atoms with Crippen molar-refractivity contribution in [1.29, 1.82) is 0 Å². The van der Waals surface area contributed by atoms with Crippen molar-refractivity contribution in [2.75, 3.05) is 5.32 Å². The summed E-state index contributed by atoms with van der Waals surface area (Å²) in [5.74, 6) is -0.0868. The van der Waals surface area contributed by atoms with Crippen LogP contribution >= 0.6 is 11.3 Å². The summed E-state index contributed by atoms with van der Waals surface area (Å²) in [6, 6.07) is 5.48. The molecule has 0 aliphatic rings. The Balaban J connectivity index is 1.93. The van der Waals surface area contributed by atoms with E-state index in [4.69, 9.17) is 0 Å². The third-order valence-corrected chi connectivity index (χ3v) is 3.36. The Morgan fingerprint density at radius 3 is 2.86 bits per heavy atom. The predicted molar refractivity (Wildman–Crippen MR) is 75.8 cm³/mol. The summed E-state index contributed by atoms with van der Waals surface area (Å²) in [5, 5.41) is 5.99. The maximum atomic E-state index is 12.3. The smallest absolute Gasteiger partial charge is 0.387 e. The average Bonchev–Trinajstić information content (AvgIpc) is 2.84. The Bertz CT molecular complexity index is 619. The van der Waals surface area contributed by atoms with Crippen molar-refractivity contribution in [2.24, 2.45) is 0 Å². The number of aryl methyl sites for hydroxylation is 1. The molecule has 0 unspecified atom stereocenters. The molecule has 0 bridgehead atoms. The first kappa shape index (κ1) is 15.2. The number of halogens is 2. The van der Waals surface area contributed by atoms with Crippen molar-refractivity contribution >= 4 is 23.1 Å². The van der Waals surface area contributed by atoms with Crippen LogP contribution in [-0.2, 0) is 6.54 Å². The molecule has 2 amide bonds. The second-order valence-electron chi connectivity index (χ2n) is 4.03. The van der Waals surface area contributed by atoms with Gasteiger partial charge in [-0.25, -0.2) is 9.78 Å². The molecule has 1 aromatic heterocycles. The van der Waals surface area contributed by atoms with Crippen LogP contribution < -0.4 is 15.4 Å². The van der Waals surface area contributed by atoms with Gasteiger partial charge < -0.3 is 15.4 Å². The van der Waals surface area contributed by atoms with Crippen LogP contribution in [0.25, 0.3) is 0 Å². The molecular weight excluding hydrogens is 300 g/mol. The van der Waals surface area contributed by atoms with E-state index in [2.05, 4.69) is 20.4 Å². The maximum Gasteiger partial charge on any atom is 0.387 e. The van der Waals surface area contributed by atoms with Crippen LogP contribution in [0.15, 0.2) is 30.5 Å². The monoisotopic (exact) mass is 313 g/mol. The number of carbonyl (C=O) groups excluding carboxylic acids is 1. The number of benzene rings is 1. The van der Waals surface area contributed by atoms with E-state index in [9.17, 15) is 13.6 Å². The lowest BCUT2D eigenvalue weighted by atomic mass is 10.3. The van der Waals surface area contributed by atoms with Gasteiger partial charge in [0.15, 0.2) is 0 Å². The predicted octanol–water partition coefficient (Wildman–Crippen LogP) is 3.37. The minimum Gasteiger partial charge on any atom is -0.433 e. The van der Waals surface area contributed by atoms with Crippen molar-refractivity contribution in [3.05, 3.63) is 40.3 Å². The molecule has 0 saturated carbocycles. The summed E-state index contributed by atoms with van der Waals surface area (Å²) in [6.45, 7) is -0.766. The number of carbonyl (C=O) groups is 1. The van der Waals surface area contributed by atoms with E-state index >= 15 is 0 Å². The Kier molecular flexibility index (Phi) is 5.04. The molecule has 2 aromatic rings. The minimum absolute atomic E-state index is 0.0868. The fraction of sp³-hybridized carbons (Fsp3) is 0.231. The highest BCUT2D eigenvalue weighted by Crippen LogP contribution is 2.25. The first-order valence-corrected chi connectivity index (χ1v) is 6.86. The van der Waals surface area contributed by atoms with E-state index in [-0.39, 0.29) is 11.4 Å². The molecule has 0 atom stereocenters. The third kappa shape index (κ3) is 4.67. The summed E-state index contributed by atoms with van der Waals surface area (Å²) in [5.41, 5.74) is 0.177. The molecule has 1 heterocycles. The maximum absolute atomic E-state index is 12.3. The molecule has 8 heteroatoms. The number of nitrogens with zero attached hydrogens (tertiary/aromatic N) is 1. The van der Waals surface area contributed by atoms with Crippen LogP contribution in [0, 0.1) is 6.92 Å². The summed E-state index contributed by atoms with van der Waals surface area (Å²) in [7, 11) is 0. The molecule has 112 valence electrons. The first-order chi connectivity index (χ1) is 10.0. The van der Waals surface area contributed by atoms with E-state index in [0.29, 0.717) is 6.54 Å². The molecule has 0 radical (unpaired) electrons. The Morgan fingerprint density at radius 1 is 1.43 bits per heavy atom. The van der Waals surface area contributed by atoms with Crippen molar-refractivity contribution in [2.45, 2.75) is 20.1 Å². The zero-order valence-electron chi connectivity index (χ0n) is 11.1. The van der Waals surface area contributed by atoms with E-state index in [0.717, 1.165) is 9.88 Å². The largest absolute Gasteiger partial charge is 0.433 e. The summed E-state index contributed by atoms with van der Waals surface area (Å²) >= 11 is 1.47.